The van der Waals surface area contributed by atoms with E-state index in [2.05, 4.69) is 0 Å². The van der Waals surface area contributed by atoms with Crippen molar-refractivity contribution in [3.63, 3.8) is 0 Å². The molecule has 2 N–H and O–H groups in total. The van der Waals surface area contributed by atoms with Gasteiger partial charge >= 0.3 is 0 Å². The van der Waals surface area contributed by atoms with Crippen LogP contribution in [-0.4, -0.2) is 0 Å². The second-order valence-corrected chi connectivity index (χ2v) is 4.28. The van der Waals surface area contributed by atoms with Gasteiger partial charge in [0.1, 0.15) is 24.2 Å². The lowest BCUT2D eigenvalue weighted by Gasteiger charge is -2.09. The van der Waals surface area contributed by atoms with Crippen molar-refractivity contribution < 1.29 is 9.13 Å². The summed E-state index contributed by atoms with van der Waals surface area (Å²) in [4.78, 5) is 0. The number of anilines is 1. The lowest BCUT2D eigenvalue weighted by Crippen LogP contribution is -2.01. The van der Waals surface area contributed by atoms with Crippen LogP contribution in [0.2, 0.25) is 5.02 Å². The van der Waals surface area contributed by atoms with E-state index >= 15 is 0 Å². The molecule has 5 heteroatoms. The van der Waals surface area contributed by atoms with Gasteiger partial charge in [0.15, 0.2) is 0 Å². The van der Waals surface area contributed by atoms with E-state index in [1.165, 1.54) is 6.07 Å². The smallest absolute Gasteiger partial charge is 0.147 e. The molecular weight excluding hydrogens is 267 g/mol. The molecule has 0 amide bonds. The first-order chi connectivity index (χ1) is 9.11. The molecule has 0 aliphatic heterocycles. The number of ether oxygens (including phenoxy) is 1. The van der Waals surface area contributed by atoms with Crippen molar-refractivity contribution in [2.75, 3.05) is 5.73 Å². The molecule has 0 spiro atoms. The van der Waals surface area contributed by atoms with Gasteiger partial charge < -0.3 is 10.5 Å². The average molecular weight is 277 g/mol. The van der Waals surface area contributed by atoms with Gasteiger partial charge in [0.25, 0.3) is 0 Å². The van der Waals surface area contributed by atoms with Crippen LogP contribution in [0.3, 0.4) is 0 Å². The van der Waals surface area contributed by atoms with Crippen molar-refractivity contribution in [1.29, 1.82) is 5.26 Å². The minimum atomic E-state index is -0.573. The monoisotopic (exact) mass is 276 g/mol. The van der Waals surface area contributed by atoms with Crippen molar-refractivity contribution in [3.8, 4) is 11.8 Å². The van der Waals surface area contributed by atoms with E-state index in [-0.39, 0.29) is 12.2 Å². The minimum absolute atomic E-state index is 0.00894. The molecule has 2 aromatic carbocycles. The van der Waals surface area contributed by atoms with Gasteiger partial charge in [0.05, 0.1) is 10.6 Å². The van der Waals surface area contributed by atoms with Crippen LogP contribution in [-0.2, 0) is 6.61 Å². The zero-order valence-electron chi connectivity index (χ0n) is 9.86. The molecule has 0 saturated carbocycles. The standard InChI is InChI=1S/C14H10ClFN2O/c15-12-6-11(18)4-5-13(12)19-8-10-3-1-2-9(7-17)14(10)16/h1-6H,8,18H2. The fourth-order valence-corrected chi connectivity index (χ4v) is 1.81. The Balaban J connectivity index is 2.17. The van der Waals surface area contributed by atoms with Gasteiger partial charge in [0.2, 0.25) is 0 Å². The Labute approximate surface area is 115 Å². The largest absolute Gasteiger partial charge is 0.487 e. The molecule has 0 heterocycles. The Bertz CT molecular complexity index is 652. The predicted octanol–water partition coefficient (Wildman–Crippen LogP) is 3.51. The average Bonchev–Trinajstić information content (AvgIpc) is 2.39. The molecule has 0 saturated heterocycles. The summed E-state index contributed by atoms with van der Waals surface area (Å²) in [5, 5.41) is 9.10. The summed E-state index contributed by atoms with van der Waals surface area (Å²) in [5.41, 5.74) is 6.37. The SMILES string of the molecule is N#Cc1cccc(COc2ccc(N)cc2Cl)c1F. The Kier molecular flexibility index (Phi) is 3.88. The fraction of sp³-hybridized carbons (Fsp3) is 0.0714. The number of nitrogens with two attached hydrogens (primary N) is 1. The van der Waals surface area contributed by atoms with Crippen molar-refractivity contribution in [3.05, 3.63) is 58.4 Å². The number of benzene rings is 2. The molecule has 0 atom stereocenters. The fourth-order valence-electron chi connectivity index (χ4n) is 1.57. The second kappa shape index (κ2) is 5.59. The Morgan fingerprint density at radius 2 is 2.11 bits per heavy atom. The normalized spacial score (nSPS) is 9.95. The Hall–Kier alpha value is -2.25. The van der Waals surface area contributed by atoms with E-state index in [4.69, 9.17) is 27.3 Å². The highest BCUT2D eigenvalue weighted by atomic mass is 35.5. The molecule has 0 fully saturated rings. The molecule has 0 bridgehead atoms. The zero-order valence-corrected chi connectivity index (χ0v) is 10.6. The molecule has 3 nitrogen and oxygen atoms in total. The third-order valence-electron chi connectivity index (χ3n) is 2.54. The highest BCUT2D eigenvalue weighted by Gasteiger charge is 2.09. The topological polar surface area (TPSA) is 59.0 Å². The Morgan fingerprint density at radius 3 is 2.79 bits per heavy atom. The van der Waals surface area contributed by atoms with E-state index in [0.717, 1.165) is 0 Å². The summed E-state index contributed by atoms with van der Waals surface area (Å²) < 4.78 is 19.2. The van der Waals surface area contributed by atoms with Crippen molar-refractivity contribution in [1.82, 2.24) is 0 Å². The van der Waals surface area contributed by atoms with Crippen LogP contribution in [0.15, 0.2) is 36.4 Å². The van der Waals surface area contributed by atoms with E-state index in [9.17, 15) is 4.39 Å². The summed E-state index contributed by atoms with van der Waals surface area (Å²) in [6.45, 7) is -0.00894. The first-order valence-corrected chi connectivity index (χ1v) is 5.85. The lowest BCUT2D eigenvalue weighted by atomic mass is 10.1. The summed E-state index contributed by atoms with van der Waals surface area (Å²) in [7, 11) is 0. The van der Waals surface area contributed by atoms with Gasteiger partial charge in [-0.1, -0.05) is 23.7 Å². The highest BCUT2D eigenvalue weighted by Crippen LogP contribution is 2.27. The molecule has 0 unspecified atom stereocenters. The zero-order chi connectivity index (χ0) is 13.8. The molecule has 2 aromatic rings. The molecule has 2 rings (SSSR count). The van der Waals surface area contributed by atoms with Crippen LogP contribution >= 0.6 is 11.6 Å². The lowest BCUT2D eigenvalue weighted by molar-refractivity contribution is 0.300. The molecule has 0 aliphatic rings. The summed E-state index contributed by atoms with van der Waals surface area (Å²) in [6.07, 6.45) is 0. The number of halogens is 2. The Morgan fingerprint density at radius 1 is 1.32 bits per heavy atom. The van der Waals surface area contributed by atoms with Crippen LogP contribution in [0, 0.1) is 17.1 Å². The van der Waals surface area contributed by atoms with Gasteiger partial charge in [-0.25, -0.2) is 4.39 Å². The van der Waals surface area contributed by atoms with Crippen LogP contribution < -0.4 is 10.5 Å². The van der Waals surface area contributed by atoms with Crippen LogP contribution in [0.4, 0.5) is 10.1 Å². The van der Waals surface area contributed by atoms with E-state index in [0.29, 0.717) is 22.0 Å². The van der Waals surface area contributed by atoms with Crippen molar-refractivity contribution in [2.45, 2.75) is 6.61 Å². The van der Waals surface area contributed by atoms with Crippen LogP contribution in [0.5, 0.6) is 5.75 Å². The number of nitrogens with zero attached hydrogens (tertiary/aromatic N) is 1. The van der Waals surface area contributed by atoms with E-state index in [1.807, 2.05) is 0 Å². The number of rotatable bonds is 3. The van der Waals surface area contributed by atoms with Gasteiger partial charge in [0, 0.05) is 11.3 Å². The van der Waals surface area contributed by atoms with Crippen LogP contribution in [0.25, 0.3) is 0 Å². The van der Waals surface area contributed by atoms with Crippen molar-refractivity contribution in [2.24, 2.45) is 0 Å². The number of nitriles is 1. The number of hydrogen-bond acceptors (Lipinski definition) is 3. The van der Waals surface area contributed by atoms with Crippen molar-refractivity contribution >= 4 is 17.3 Å². The minimum Gasteiger partial charge on any atom is -0.487 e. The second-order valence-electron chi connectivity index (χ2n) is 3.87. The molecule has 96 valence electrons. The number of nitrogen functional groups attached to an aromatic ring is 1. The maximum absolute atomic E-state index is 13.8. The van der Waals surface area contributed by atoms with E-state index in [1.54, 1.807) is 36.4 Å². The highest BCUT2D eigenvalue weighted by molar-refractivity contribution is 6.32. The van der Waals surface area contributed by atoms with Gasteiger partial charge in [-0.15, -0.1) is 0 Å². The first-order valence-electron chi connectivity index (χ1n) is 5.47. The quantitative estimate of drug-likeness (QED) is 0.873. The maximum Gasteiger partial charge on any atom is 0.147 e. The maximum atomic E-state index is 13.8. The molecule has 0 aliphatic carbocycles. The summed E-state index contributed by atoms with van der Waals surface area (Å²) in [5.74, 6) is -0.158. The van der Waals surface area contributed by atoms with Gasteiger partial charge in [-0.05, 0) is 24.3 Å². The van der Waals surface area contributed by atoms with Gasteiger partial charge in [-0.2, -0.15) is 5.26 Å². The molecular formula is C14H10ClFN2O. The molecule has 0 aromatic heterocycles. The molecule has 19 heavy (non-hydrogen) atoms. The number of hydrogen-bond donors (Lipinski definition) is 1. The molecule has 0 radical (unpaired) electrons. The third-order valence-corrected chi connectivity index (χ3v) is 2.83. The van der Waals surface area contributed by atoms with Gasteiger partial charge in [-0.3, -0.25) is 0 Å². The van der Waals surface area contributed by atoms with Crippen LogP contribution in [0.1, 0.15) is 11.1 Å². The first kappa shape index (κ1) is 13.2. The van der Waals surface area contributed by atoms with E-state index < -0.39 is 5.82 Å². The summed E-state index contributed by atoms with van der Waals surface area (Å²) >= 11 is 5.94. The predicted molar refractivity (Wildman–Crippen MR) is 71.3 cm³/mol. The third kappa shape index (κ3) is 2.95. The summed E-state index contributed by atoms with van der Waals surface area (Å²) in [6, 6.07) is 11.2.